The minimum atomic E-state index is 0.495. The van der Waals surface area contributed by atoms with Crippen molar-refractivity contribution < 1.29 is 9.47 Å². The topological polar surface area (TPSA) is 56.3 Å². The summed E-state index contributed by atoms with van der Waals surface area (Å²) in [6, 6.07) is 0. The van der Waals surface area contributed by atoms with Crippen molar-refractivity contribution in [2.24, 2.45) is 0 Å². The fraction of sp³-hybridized carbons (Fsp3) is 0.636. The van der Waals surface area contributed by atoms with E-state index in [0.29, 0.717) is 31.0 Å². The van der Waals surface area contributed by atoms with E-state index in [1.165, 1.54) is 12.8 Å². The number of aromatic nitrogens is 2. The highest BCUT2D eigenvalue weighted by Crippen LogP contribution is 2.23. The van der Waals surface area contributed by atoms with Crippen LogP contribution in [-0.2, 0) is 4.74 Å². The summed E-state index contributed by atoms with van der Waals surface area (Å²) in [7, 11) is 0. The Balaban J connectivity index is 1.77. The maximum atomic E-state index is 5.52. The molecule has 1 heterocycles. The van der Waals surface area contributed by atoms with Gasteiger partial charge in [-0.15, -0.1) is 0 Å². The third-order valence-corrected chi connectivity index (χ3v) is 2.22. The van der Waals surface area contributed by atoms with Crippen molar-refractivity contribution in [3.63, 3.8) is 0 Å². The Morgan fingerprint density at radius 2 is 2.19 bits per heavy atom. The van der Waals surface area contributed by atoms with Crippen molar-refractivity contribution in [1.29, 1.82) is 0 Å². The average molecular weight is 223 g/mol. The Morgan fingerprint density at radius 3 is 2.94 bits per heavy atom. The SMILES string of the molecule is CCOc1nccnc1NCCOC1CC1. The molecule has 1 aliphatic rings. The number of nitrogens with one attached hydrogen (secondary N) is 1. The number of hydrogen-bond donors (Lipinski definition) is 1. The first kappa shape index (κ1) is 11.1. The second kappa shape index (κ2) is 5.65. The molecule has 88 valence electrons. The zero-order chi connectivity index (χ0) is 11.2. The molecule has 0 atom stereocenters. The van der Waals surface area contributed by atoms with Gasteiger partial charge in [0.2, 0.25) is 0 Å². The molecule has 1 aliphatic carbocycles. The highest BCUT2D eigenvalue weighted by molar-refractivity contribution is 5.44. The van der Waals surface area contributed by atoms with Gasteiger partial charge >= 0.3 is 0 Å². The van der Waals surface area contributed by atoms with Gasteiger partial charge in [-0.1, -0.05) is 0 Å². The zero-order valence-corrected chi connectivity index (χ0v) is 9.48. The molecule has 2 rings (SSSR count). The van der Waals surface area contributed by atoms with Crippen molar-refractivity contribution in [1.82, 2.24) is 9.97 Å². The zero-order valence-electron chi connectivity index (χ0n) is 9.48. The van der Waals surface area contributed by atoms with Crippen LogP contribution in [0.15, 0.2) is 12.4 Å². The first-order valence-electron chi connectivity index (χ1n) is 5.69. The van der Waals surface area contributed by atoms with E-state index in [4.69, 9.17) is 9.47 Å². The van der Waals surface area contributed by atoms with Gasteiger partial charge in [0.05, 0.1) is 19.3 Å². The molecule has 1 N–H and O–H groups in total. The first-order valence-corrected chi connectivity index (χ1v) is 5.69. The molecule has 16 heavy (non-hydrogen) atoms. The van der Waals surface area contributed by atoms with E-state index in [9.17, 15) is 0 Å². The maximum absolute atomic E-state index is 5.52. The lowest BCUT2D eigenvalue weighted by Gasteiger charge is -2.09. The van der Waals surface area contributed by atoms with Crippen molar-refractivity contribution in [2.45, 2.75) is 25.9 Å². The van der Waals surface area contributed by atoms with Crippen LogP contribution in [0.1, 0.15) is 19.8 Å². The van der Waals surface area contributed by atoms with E-state index in [0.717, 1.165) is 6.54 Å². The predicted octanol–water partition coefficient (Wildman–Crippen LogP) is 1.47. The Hall–Kier alpha value is -1.36. The fourth-order valence-corrected chi connectivity index (χ4v) is 1.32. The largest absolute Gasteiger partial charge is 0.475 e. The molecule has 5 heteroatoms. The van der Waals surface area contributed by atoms with Crippen LogP contribution in [0.2, 0.25) is 0 Å². The van der Waals surface area contributed by atoms with Crippen molar-refractivity contribution in [3.05, 3.63) is 12.4 Å². The molecule has 0 unspecified atom stereocenters. The van der Waals surface area contributed by atoms with Crippen molar-refractivity contribution in [3.8, 4) is 5.88 Å². The first-order chi connectivity index (χ1) is 7.90. The highest BCUT2D eigenvalue weighted by atomic mass is 16.5. The maximum Gasteiger partial charge on any atom is 0.257 e. The van der Waals surface area contributed by atoms with Gasteiger partial charge in [0.1, 0.15) is 0 Å². The molecular formula is C11H17N3O2. The molecule has 1 aromatic rings. The Labute approximate surface area is 95.2 Å². The third-order valence-electron chi connectivity index (χ3n) is 2.22. The summed E-state index contributed by atoms with van der Waals surface area (Å²) >= 11 is 0. The van der Waals surface area contributed by atoms with Gasteiger partial charge in [0.15, 0.2) is 5.82 Å². The van der Waals surface area contributed by atoms with Crippen LogP contribution in [0, 0.1) is 0 Å². The number of rotatable bonds is 7. The van der Waals surface area contributed by atoms with E-state index in [1.54, 1.807) is 12.4 Å². The summed E-state index contributed by atoms with van der Waals surface area (Å²) in [5.74, 6) is 1.24. The molecule has 1 aromatic heterocycles. The van der Waals surface area contributed by atoms with E-state index in [2.05, 4.69) is 15.3 Å². The quantitative estimate of drug-likeness (QED) is 0.709. The lowest BCUT2D eigenvalue weighted by Crippen LogP contribution is -2.12. The molecule has 5 nitrogen and oxygen atoms in total. The second-order valence-electron chi connectivity index (χ2n) is 3.64. The summed E-state index contributed by atoms with van der Waals surface area (Å²) in [4.78, 5) is 8.28. The van der Waals surface area contributed by atoms with Gasteiger partial charge in [-0.25, -0.2) is 9.97 Å². The van der Waals surface area contributed by atoms with Crippen LogP contribution >= 0.6 is 0 Å². The molecule has 0 aliphatic heterocycles. The molecule has 1 fully saturated rings. The lowest BCUT2D eigenvalue weighted by molar-refractivity contribution is 0.129. The molecule has 1 saturated carbocycles. The van der Waals surface area contributed by atoms with Crippen LogP contribution in [0.4, 0.5) is 5.82 Å². The highest BCUT2D eigenvalue weighted by Gasteiger charge is 2.21. The smallest absolute Gasteiger partial charge is 0.257 e. The van der Waals surface area contributed by atoms with E-state index < -0.39 is 0 Å². The van der Waals surface area contributed by atoms with Crippen LogP contribution in [-0.4, -0.2) is 35.8 Å². The third kappa shape index (κ3) is 3.34. The standard InChI is InChI=1S/C11H17N3O2/c1-2-15-11-10(12-5-6-14-11)13-7-8-16-9-3-4-9/h5-6,9H,2-4,7-8H2,1H3,(H,12,13). The number of nitrogens with zero attached hydrogens (tertiary/aromatic N) is 2. The molecule has 0 radical (unpaired) electrons. The Kier molecular flexibility index (Phi) is 3.93. The molecule has 0 spiro atoms. The van der Waals surface area contributed by atoms with Gasteiger partial charge in [-0.3, -0.25) is 0 Å². The lowest BCUT2D eigenvalue weighted by atomic mass is 10.5. The van der Waals surface area contributed by atoms with Crippen molar-refractivity contribution in [2.75, 3.05) is 25.1 Å². The minimum Gasteiger partial charge on any atom is -0.475 e. The summed E-state index contributed by atoms with van der Waals surface area (Å²) in [6.07, 6.45) is 6.17. The Bertz CT molecular complexity index is 329. The van der Waals surface area contributed by atoms with Crippen LogP contribution in [0.5, 0.6) is 5.88 Å². The van der Waals surface area contributed by atoms with Gasteiger partial charge in [-0.05, 0) is 19.8 Å². The molecule has 0 bridgehead atoms. The summed E-state index contributed by atoms with van der Waals surface area (Å²) in [6.45, 7) is 3.95. The fourth-order valence-electron chi connectivity index (χ4n) is 1.32. The number of hydrogen-bond acceptors (Lipinski definition) is 5. The predicted molar refractivity (Wildman–Crippen MR) is 60.7 cm³/mol. The van der Waals surface area contributed by atoms with E-state index >= 15 is 0 Å². The van der Waals surface area contributed by atoms with Gasteiger partial charge in [0.25, 0.3) is 5.88 Å². The molecule has 0 aromatic carbocycles. The van der Waals surface area contributed by atoms with Gasteiger partial charge < -0.3 is 14.8 Å². The van der Waals surface area contributed by atoms with Gasteiger partial charge in [-0.2, -0.15) is 0 Å². The summed E-state index contributed by atoms with van der Waals surface area (Å²) in [5, 5.41) is 3.16. The second-order valence-corrected chi connectivity index (χ2v) is 3.64. The average Bonchev–Trinajstić information content (AvgIpc) is 3.11. The molecular weight excluding hydrogens is 206 g/mol. The summed E-state index contributed by atoms with van der Waals surface area (Å²) in [5.41, 5.74) is 0. The number of ether oxygens (including phenoxy) is 2. The van der Waals surface area contributed by atoms with Crippen LogP contribution in [0.3, 0.4) is 0 Å². The monoisotopic (exact) mass is 223 g/mol. The van der Waals surface area contributed by atoms with Crippen LogP contribution < -0.4 is 10.1 Å². The number of anilines is 1. The van der Waals surface area contributed by atoms with Crippen molar-refractivity contribution >= 4 is 5.82 Å². The van der Waals surface area contributed by atoms with Crippen LogP contribution in [0.25, 0.3) is 0 Å². The van der Waals surface area contributed by atoms with E-state index in [1.807, 2.05) is 6.92 Å². The molecule has 0 amide bonds. The van der Waals surface area contributed by atoms with Gasteiger partial charge in [0, 0.05) is 18.9 Å². The minimum absolute atomic E-state index is 0.495. The van der Waals surface area contributed by atoms with E-state index in [-0.39, 0.29) is 0 Å². The Morgan fingerprint density at radius 1 is 1.38 bits per heavy atom. The molecule has 0 saturated heterocycles. The normalized spacial score (nSPS) is 14.8. The summed E-state index contributed by atoms with van der Waals surface area (Å²) < 4.78 is 10.9.